The molecule has 0 aliphatic rings. The van der Waals surface area contributed by atoms with Crippen molar-refractivity contribution in [1.29, 1.82) is 5.26 Å². The van der Waals surface area contributed by atoms with Gasteiger partial charge in [0.05, 0.1) is 32.8 Å². The standard InChI is InChI=1S/C26H35FN2O3/c1-19(2)26(18-28,21-15-22(30-3)17-23(16-21)31-4)11-7-13-29-12-6-8-20-9-10-25(32-5)24(27)14-20/h9-10,14-17,19,29H,6-8,11-13H2,1-5H3/t26-/m0/s1. The molecule has 5 nitrogen and oxygen atoms in total. The monoisotopic (exact) mass is 442 g/mol. The highest BCUT2D eigenvalue weighted by Gasteiger charge is 2.36. The molecule has 0 aliphatic carbocycles. The van der Waals surface area contributed by atoms with Crippen LogP contribution in [0.2, 0.25) is 0 Å². The first-order valence-electron chi connectivity index (χ1n) is 11.1. The Morgan fingerprint density at radius 3 is 2.16 bits per heavy atom. The van der Waals surface area contributed by atoms with Crippen LogP contribution in [0.1, 0.15) is 44.2 Å². The van der Waals surface area contributed by atoms with E-state index in [9.17, 15) is 9.65 Å². The Balaban J connectivity index is 1.90. The third-order valence-electron chi connectivity index (χ3n) is 6.01. The lowest BCUT2D eigenvalue weighted by Crippen LogP contribution is -2.32. The molecule has 1 atom stereocenters. The number of methoxy groups -OCH3 is 3. The van der Waals surface area contributed by atoms with Crippen LogP contribution in [0.3, 0.4) is 0 Å². The van der Waals surface area contributed by atoms with Gasteiger partial charge in [-0.3, -0.25) is 0 Å². The van der Waals surface area contributed by atoms with Crippen LogP contribution < -0.4 is 19.5 Å². The molecule has 174 valence electrons. The fourth-order valence-electron chi connectivity index (χ4n) is 3.98. The predicted octanol–water partition coefficient (Wildman–Crippen LogP) is 5.27. The minimum Gasteiger partial charge on any atom is -0.497 e. The lowest BCUT2D eigenvalue weighted by Gasteiger charge is -2.32. The minimum absolute atomic E-state index is 0.134. The number of benzene rings is 2. The van der Waals surface area contributed by atoms with Gasteiger partial charge in [-0.1, -0.05) is 19.9 Å². The van der Waals surface area contributed by atoms with Crippen molar-refractivity contribution in [2.24, 2.45) is 5.92 Å². The van der Waals surface area contributed by atoms with Crippen LogP contribution in [0.4, 0.5) is 4.39 Å². The summed E-state index contributed by atoms with van der Waals surface area (Å²) in [6.07, 6.45) is 3.30. The summed E-state index contributed by atoms with van der Waals surface area (Å²) in [4.78, 5) is 0. The van der Waals surface area contributed by atoms with Crippen molar-refractivity contribution in [2.45, 2.75) is 44.9 Å². The number of nitriles is 1. The zero-order valence-corrected chi connectivity index (χ0v) is 19.8. The highest BCUT2D eigenvalue weighted by molar-refractivity contribution is 5.45. The van der Waals surface area contributed by atoms with Crippen molar-refractivity contribution in [3.63, 3.8) is 0 Å². The molecule has 0 aliphatic heterocycles. The summed E-state index contributed by atoms with van der Waals surface area (Å²) in [7, 11) is 4.70. The maximum Gasteiger partial charge on any atom is 0.165 e. The van der Waals surface area contributed by atoms with Crippen LogP contribution in [0.25, 0.3) is 0 Å². The first-order chi connectivity index (χ1) is 15.4. The molecule has 0 saturated carbocycles. The number of hydrogen-bond donors (Lipinski definition) is 1. The van der Waals surface area contributed by atoms with Gasteiger partial charge in [0.2, 0.25) is 0 Å². The number of rotatable bonds is 13. The summed E-state index contributed by atoms with van der Waals surface area (Å²) < 4.78 is 29.6. The summed E-state index contributed by atoms with van der Waals surface area (Å²) in [6.45, 7) is 5.81. The van der Waals surface area contributed by atoms with E-state index in [0.717, 1.165) is 49.9 Å². The van der Waals surface area contributed by atoms with Gasteiger partial charge in [-0.2, -0.15) is 5.26 Å². The molecule has 0 fully saturated rings. The number of halogens is 1. The van der Waals surface area contributed by atoms with E-state index in [1.807, 2.05) is 24.3 Å². The van der Waals surface area contributed by atoms with Gasteiger partial charge in [-0.05, 0) is 80.1 Å². The maximum atomic E-state index is 13.8. The third kappa shape index (κ3) is 6.37. The molecule has 0 amide bonds. The Morgan fingerprint density at radius 1 is 0.969 bits per heavy atom. The molecule has 0 saturated heterocycles. The number of nitrogens with one attached hydrogen (secondary N) is 1. The number of ether oxygens (including phenoxy) is 3. The molecular weight excluding hydrogens is 407 g/mol. The molecule has 2 aromatic carbocycles. The molecule has 0 unspecified atom stereocenters. The highest BCUT2D eigenvalue weighted by Crippen LogP contribution is 2.39. The van der Waals surface area contributed by atoms with Gasteiger partial charge < -0.3 is 19.5 Å². The van der Waals surface area contributed by atoms with Crippen molar-refractivity contribution in [2.75, 3.05) is 34.4 Å². The molecule has 0 bridgehead atoms. The van der Waals surface area contributed by atoms with Gasteiger partial charge in [-0.15, -0.1) is 0 Å². The van der Waals surface area contributed by atoms with Gasteiger partial charge in [0.15, 0.2) is 11.6 Å². The molecule has 2 rings (SSSR count). The summed E-state index contributed by atoms with van der Waals surface area (Å²) >= 11 is 0. The summed E-state index contributed by atoms with van der Waals surface area (Å²) in [5.41, 5.74) is 1.26. The van der Waals surface area contributed by atoms with Crippen LogP contribution >= 0.6 is 0 Å². The smallest absolute Gasteiger partial charge is 0.165 e. The lowest BCUT2D eigenvalue weighted by molar-refractivity contribution is 0.348. The van der Waals surface area contributed by atoms with E-state index >= 15 is 0 Å². The molecule has 1 N–H and O–H groups in total. The van der Waals surface area contributed by atoms with Crippen molar-refractivity contribution < 1.29 is 18.6 Å². The van der Waals surface area contributed by atoms with E-state index in [1.165, 1.54) is 13.2 Å². The fourth-order valence-corrected chi connectivity index (χ4v) is 3.98. The molecule has 2 aromatic rings. The normalized spacial score (nSPS) is 12.8. The molecule has 0 radical (unpaired) electrons. The largest absolute Gasteiger partial charge is 0.497 e. The zero-order valence-electron chi connectivity index (χ0n) is 19.8. The maximum absolute atomic E-state index is 13.8. The number of hydrogen-bond acceptors (Lipinski definition) is 5. The minimum atomic E-state index is -0.621. The summed E-state index contributed by atoms with van der Waals surface area (Å²) in [5.74, 6) is 1.45. The molecule has 0 heterocycles. The second kappa shape index (κ2) is 12.3. The van der Waals surface area contributed by atoms with Gasteiger partial charge in [0.25, 0.3) is 0 Å². The van der Waals surface area contributed by atoms with Crippen molar-refractivity contribution in [1.82, 2.24) is 5.32 Å². The van der Waals surface area contributed by atoms with Crippen LogP contribution in [0, 0.1) is 23.1 Å². The SMILES string of the molecule is COc1cc(OC)cc([C@](C#N)(CCCNCCCc2ccc(OC)c(F)c2)C(C)C)c1. The van der Waals surface area contributed by atoms with E-state index in [4.69, 9.17) is 14.2 Å². The van der Waals surface area contributed by atoms with Gasteiger partial charge in [-0.25, -0.2) is 4.39 Å². The molecule has 0 aromatic heterocycles. The topological polar surface area (TPSA) is 63.5 Å². The summed E-state index contributed by atoms with van der Waals surface area (Å²) in [5, 5.41) is 13.6. The number of aryl methyl sites for hydroxylation is 1. The van der Waals surface area contributed by atoms with Crippen LogP contribution in [0.15, 0.2) is 36.4 Å². The number of nitrogens with zero attached hydrogens (tertiary/aromatic N) is 1. The Kier molecular flexibility index (Phi) is 9.80. The quantitative estimate of drug-likeness (QED) is 0.428. The third-order valence-corrected chi connectivity index (χ3v) is 6.01. The van der Waals surface area contributed by atoms with E-state index in [-0.39, 0.29) is 17.5 Å². The van der Waals surface area contributed by atoms with Crippen LogP contribution in [0.5, 0.6) is 17.2 Å². The van der Waals surface area contributed by atoms with Crippen molar-refractivity contribution in [3.05, 3.63) is 53.3 Å². The lowest BCUT2D eigenvalue weighted by atomic mass is 9.69. The van der Waals surface area contributed by atoms with Crippen LogP contribution in [-0.2, 0) is 11.8 Å². The average molecular weight is 443 g/mol. The van der Waals surface area contributed by atoms with Gasteiger partial charge in [0, 0.05) is 6.07 Å². The first-order valence-corrected chi connectivity index (χ1v) is 11.1. The van der Waals surface area contributed by atoms with Gasteiger partial charge in [0.1, 0.15) is 11.5 Å². The van der Waals surface area contributed by atoms with E-state index < -0.39 is 5.41 Å². The molecular formula is C26H35FN2O3. The van der Waals surface area contributed by atoms with E-state index in [1.54, 1.807) is 20.3 Å². The Labute approximate surface area is 191 Å². The fraction of sp³-hybridized carbons (Fsp3) is 0.500. The molecule has 0 spiro atoms. The highest BCUT2D eigenvalue weighted by atomic mass is 19.1. The van der Waals surface area contributed by atoms with E-state index in [2.05, 4.69) is 25.2 Å². The Morgan fingerprint density at radius 2 is 1.62 bits per heavy atom. The zero-order chi connectivity index (χ0) is 23.6. The van der Waals surface area contributed by atoms with Gasteiger partial charge >= 0.3 is 0 Å². The molecule has 32 heavy (non-hydrogen) atoms. The van der Waals surface area contributed by atoms with Crippen molar-refractivity contribution in [3.8, 4) is 23.3 Å². The first kappa shape index (κ1) is 25.5. The van der Waals surface area contributed by atoms with Crippen molar-refractivity contribution >= 4 is 0 Å². The Hall–Kier alpha value is -2.78. The predicted molar refractivity (Wildman–Crippen MR) is 125 cm³/mol. The molecule has 6 heteroatoms. The summed E-state index contributed by atoms with van der Waals surface area (Å²) in [6, 6.07) is 13.4. The average Bonchev–Trinajstić information content (AvgIpc) is 2.80. The second-order valence-electron chi connectivity index (χ2n) is 8.27. The Bertz CT molecular complexity index is 888. The van der Waals surface area contributed by atoms with E-state index in [0.29, 0.717) is 11.5 Å². The van der Waals surface area contributed by atoms with Crippen LogP contribution in [-0.4, -0.2) is 34.4 Å². The second-order valence-corrected chi connectivity index (χ2v) is 8.27.